The van der Waals surface area contributed by atoms with Gasteiger partial charge in [0, 0.05) is 40.4 Å². The summed E-state index contributed by atoms with van der Waals surface area (Å²) in [6, 6.07) is 21.4. The normalized spacial score (nSPS) is 20.7. The molecule has 1 fully saturated rings. The lowest BCUT2D eigenvalue weighted by molar-refractivity contribution is 0.000873. The highest BCUT2D eigenvalue weighted by Crippen LogP contribution is 2.54. The number of fused-ring (bicyclic) bond motifs is 3. The van der Waals surface area contributed by atoms with Gasteiger partial charge in [-0.2, -0.15) is 0 Å². The molecule has 1 aromatic heterocycles. The van der Waals surface area contributed by atoms with Crippen molar-refractivity contribution in [3.05, 3.63) is 129 Å². The second-order valence-electron chi connectivity index (χ2n) is 11.2. The Labute approximate surface area is 241 Å². The molecule has 1 N–H and O–H groups in total. The van der Waals surface area contributed by atoms with Gasteiger partial charge in [-0.25, -0.2) is 8.78 Å². The van der Waals surface area contributed by atoms with Crippen molar-refractivity contribution >= 4 is 11.8 Å². The van der Waals surface area contributed by atoms with Gasteiger partial charge in [0.1, 0.15) is 18.4 Å². The summed E-state index contributed by atoms with van der Waals surface area (Å²) in [5, 5.41) is 14.1. The molecule has 3 aliphatic rings. The molecule has 1 saturated carbocycles. The van der Waals surface area contributed by atoms with E-state index >= 15 is 4.39 Å². The minimum atomic E-state index is -0.916. The maximum absolute atomic E-state index is 15.3. The predicted octanol–water partition coefficient (Wildman–Crippen LogP) is 6.65. The third-order valence-corrected chi connectivity index (χ3v) is 10.0. The lowest BCUT2D eigenvalue weighted by atomic mass is 9.76. The molecule has 0 saturated heterocycles. The summed E-state index contributed by atoms with van der Waals surface area (Å²) in [5.74, 6) is -1.26. The molecule has 4 aromatic rings. The third-order valence-electron chi connectivity index (χ3n) is 8.90. The zero-order valence-electron chi connectivity index (χ0n) is 22.4. The van der Waals surface area contributed by atoms with Crippen LogP contribution in [0.1, 0.15) is 65.8 Å². The average molecular weight is 573 g/mol. The second-order valence-corrected chi connectivity index (χ2v) is 12.3. The quantitative estimate of drug-likeness (QED) is 0.297. The minimum absolute atomic E-state index is 0.127. The van der Waals surface area contributed by atoms with Gasteiger partial charge in [0.15, 0.2) is 17.4 Å². The van der Waals surface area contributed by atoms with Crippen LogP contribution in [0.4, 0.5) is 8.78 Å². The molecule has 2 aliphatic heterocycles. The van der Waals surface area contributed by atoms with E-state index in [2.05, 4.69) is 5.01 Å². The topological polar surface area (TPSA) is 54.7 Å². The van der Waals surface area contributed by atoms with Gasteiger partial charge in [0.2, 0.25) is 5.43 Å². The molecule has 2 unspecified atom stereocenters. The van der Waals surface area contributed by atoms with Gasteiger partial charge in [0.05, 0.1) is 6.04 Å². The molecular weight excluding hydrogens is 542 g/mol. The van der Waals surface area contributed by atoms with Crippen molar-refractivity contribution in [2.24, 2.45) is 5.41 Å². The molecule has 0 amide bonds. The lowest BCUT2D eigenvalue weighted by Gasteiger charge is -2.50. The highest BCUT2D eigenvalue weighted by atomic mass is 32.2. The third kappa shape index (κ3) is 4.35. The molecule has 1 spiro atoms. The Hall–Kier alpha value is -3.62. The summed E-state index contributed by atoms with van der Waals surface area (Å²) in [4.78, 5) is 14.3. The van der Waals surface area contributed by atoms with Crippen molar-refractivity contribution in [3.8, 4) is 5.75 Å². The van der Waals surface area contributed by atoms with Crippen LogP contribution in [0.15, 0.2) is 88.7 Å². The summed E-state index contributed by atoms with van der Waals surface area (Å²) < 4.78 is 37.9. The van der Waals surface area contributed by atoms with Crippen molar-refractivity contribution in [2.75, 3.05) is 11.6 Å². The number of halogens is 2. The van der Waals surface area contributed by atoms with Crippen LogP contribution in [0.2, 0.25) is 0 Å². The fourth-order valence-electron chi connectivity index (χ4n) is 6.86. The van der Waals surface area contributed by atoms with E-state index in [1.54, 1.807) is 12.3 Å². The van der Waals surface area contributed by atoms with Crippen molar-refractivity contribution in [2.45, 2.75) is 55.1 Å². The Morgan fingerprint density at radius 3 is 2.51 bits per heavy atom. The van der Waals surface area contributed by atoms with Crippen LogP contribution < -0.4 is 15.2 Å². The van der Waals surface area contributed by atoms with E-state index in [0.29, 0.717) is 29.1 Å². The largest absolute Gasteiger partial charge is 0.483 e. The molecule has 7 rings (SSSR count). The van der Waals surface area contributed by atoms with Gasteiger partial charge in [-0.3, -0.25) is 9.47 Å². The number of aliphatic hydroxyl groups excluding tert-OH is 1. The summed E-state index contributed by atoms with van der Waals surface area (Å²) in [7, 11) is 0. The fourth-order valence-corrected chi connectivity index (χ4v) is 7.98. The first-order valence-electron chi connectivity index (χ1n) is 14.0. The Kier molecular flexibility index (Phi) is 6.63. The summed E-state index contributed by atoms with van der Waals surface area (Å²) in [5.41, 5.74) is 2.52. The number of ether oxygens (including phenoxy) is 1. The van der Waals surface area contributed by atoms with Crippen molar-refractivity contribution in [3.63, 3.8) is 0 Å². The standard InChI is InChI=1S/C33H30F2N2O3S/c34-25-13-12-22-24(28(25)35)19-41-27-11-5-4-10-23(27)29(22)37-20-33(15-6-7-16-33)32(39)30-31(26(38)14-17-36(30)37)40-18-21-8-2-1-3-9-21/h1-5,8-14,17,29,32,39H,6-7,15-16,18-20H2. The average Bonchev–Trinajstić information content (AvgIpc) is 3.40. The number of nitrogens with zero attached hydrogens (tertiary/aromatic N) is 2. The zero-order valence-corrected chi connectivity index (χ0v) is 23.2. The SMILES string of the molecule is O=c1ccn2c(c1OCc1ccccc1)C(O)C1(CCCC1)CN2C1c2ccccc2SCc2c1ccc(F)c2F. The second kappa shape index (κ2) is 10.3. The number of hydrogen-bond donors (Lipinski definition) is 1. The molecule has 3 aromatic carbocycles. The van der Waals surface area contributed by atoms with E-state index in [9.17, 15) is 14.3 Å². The number of benzene rings is 3. The predicted molar refractivity (Wildman–Crippen MR) is 155 cm³/mol. The lowest BCUT2D eigenvalue weighted by Crippen LogP contribution is -2.54. The summed E-state index contributed by atoms with van der Waals surface area (Å²) in [6.45, 7) is 0.674. The maximum atomic E-state index is 15.3. The number of pyridine rings is 1. The van der Waals surface area contributed by atoms with Gasteiger partial charge < -0.3 is 14.9 Å². The van der Waals surface area contributed by atoms with Crippen molar-refractivity contribution in [1.29, 1.82) is 0 Å². The van der Waals surface area contributed by atoms with Crippen LogP contribution in [0.3, 0.4) is 0 Å². The Balaban J connectivity index is 1.44. The Morgan fingerprint density at radius 2 is 1.71 bits per heavy atom. The smallest absolute Gasteiger partial charge is 0.223 e. The molecule has 5 nitrogen and oxygen atoms in total. The molecular formula is C33H30F2N2O3S. The number of thioether (sulfide) groups is 1. The zero-order chi connectivity index (χ0) is 28.1. The molecule has 1 aliphatic carbocycles. The first-order valence-corrected chi connectivity index (χ1v) is 15.0. The number of aromatic nitrogens is 1. The first-order chi connectivity index (χ1) is 20.0. The molecule has 0 bridgehead atoms. The van der Waals surface area contributed by atoms with E-state index in [1.165, 1.54) is 23.9 Å². The molecule has 41 heavy (non-hydrogen) atoms. The van der Waals surface area contributed by atoms with Crippen LogP contribution in [-0.2, 0) is 12.4 Å². The van der Waals surface area contributed by atoms with E-state index in [-0.39, 0.29) is 17.8 Å². The van der Waals surface area contributed by atoms with Gasteiger partial charge in [-0.1, -0.05) is 67.4 Å². The Morgan fingerprint density at radius 1 is 0.951 bits per heavy atom. The molecule has 210 valence electrons. The first kappa shape index (κ1) is 26.3. The van der Waals surface area contributed by atoms with Crippen LogP contribution >= 0.6 is 11.8 Å². The number of aliphatic hydroxyl groups is 1. The Bertz CT molecular complexity index is 1670. The fraction of sp³-hybridized carbons (Fsp3) is 0.303. The van der Waals surface area contributed by atoms with E-state index in [0.717, 1.165) is 41.7 Å². The van der Waals surface area contributed by atoms with Crippen molar-refractivity contribution in [1.82, 2.24) is 4.68 Å². The molecule has 3 heterocycles. The van der Waals surface area contributed by atoms with E-state index < -0.39 is 29.2 Å². The molecule has 0 radical (unpaired) electrons. The highest BCUT2D eigenvalue weighted by molar-refractivity contribution is 7.98. The van der Waals surface area contributed by atoms with E-state index in [4.69, 9.17) is 4.74 Å². The van der Waals surface area contributed by atoms with Crippen molar-refractivity contribution < 1.29 is 18.6 Å². The summed E-state index contributed by atoms with van der Waals surface area (Å²) in [6.07, 6.45) is 4.28. The van der Waals surface area contributed by atoms with Gasteiger partial charge in [0.25, 0.3) is 0 Å². The minimum Gasteiger partial charge on any atom is -0.483 e. The van der Waals surface area contributed by atoms with Crippen LogP contribution in [0.25, 0.3) is 0 Å². The highest BCUT2D eigenvalue weighted by Gasteiger charge is 2.50. The van der Waals surface area contributed by atoms with Gasteiger partial charge in [-0.05, 0) is 41.7 Å². The summed E-state index contributed by atoms with van der Waals surface area (Å²) >= 11 is 1.49. The molecule has 2 atom stereocenters. The number of hydrogen-bond acceptors (Lipinski definition) is 5. The van der Waals surface area contributed by atoms with Gasteiger partial charge in [-0.15, -0.1) is 11.8 Å². The number of rotatable bonds is 4. The monoisotopic (exact) mass is 572 g/mol. The van der Waals surface area contributed by atoms with Crippen LogP contribution in [-0.4, -0.2) is 16.3 Å². The van der Waals surface area contributed by atoms with Crippen LogP contribution in [0, 0.1) is 17.0 Å². The molecule has 8 heteroatoms. The van der Waals surface area contributed by atoms with Crippen LogP contribution in [0.5, 0.6) is 5.75 Å². The van der Waals surface area contributed by atoms with Gasteiger partial charge >= 0.3 is 0 Å². The maximum Gasteiger partial charge on any atom is 0.223 e. The van der Waals surface area contributed by atoms with E-state index in [1.807, 2.05) is 59.3 Å².